The Morgan fingerprint density at radius 2 is 1.93 bits per heavy atom. The number of aryl methyl sites for hydroxylation is 1. The van der Waals surface area contributed by atoms with Crippen LogP contribution in [-0.4, -0.2) is 40.8 Å². The van der Waals surface area contributed by atoms with Crippen LogP contribution in [-0.2, 0) is 27.8 Å². The van der Waals surface area contributed by atoms with Gasteiger partial charge in [-0.15, -0.1) is 0 Å². The van der Waals surface area contributed by atoms with Crippen molar-refractivity contribution in [3.8, 4) is 0 Å². The summed E-state index contributed by atoms with van der Waals surface area (Å²) in [6.07, 6.45) is 2.04. The number of amides is 1. The highest BCUT2D eigenvalue weighted by Gasteiger charge is 2.35. The van der Waals surface area contributed by atoms with Crippen molar-refractivity contribution >= 4 is 15.9 Å². The number of carbonyl (C=O) groups is 1. The normalized spacial score (nSPS) is 17.7. The van der Waals surface area contributed by atoms with Gasteiger partial charge in [0.05, 0.1) is 23.1 Å². The number of sulfonamides is 1. The fourth-order valence-corrected chi connectivity index (χ4v) is 4.91. The van der Waals surface area contributed by atoms with Gasteiger partial charge in [-0.2, -0.15) is 4.31 Å². The van der Waals surface area contributed by atoms with Crippen LogP contribution in [0.15, 0.2) is 35.4 Å². The molecule has 0 saturated heterocycles. The molecule has 1 aromatic heterocycles. The van der Waals surface area contributed by atoms with Crippen molar-refractivity contribution in [1.82, 2.24) is 19.2 Å². The Kier molecular flexibility index (Phi) is 5.39. The van der Waals surface area contributed by atoms with E-state index in [-0.39, 0.29) is 23.3 Å². The molecule has 1 atom stereocenters. The first-order valence-electron chi connectivity index (χ1n) is 9.12. The summed E-state index contributed by atoms with van der Waals surface area (Å²) in [6.45, 7) is 8.47. The lowest BCUT2D eigenvalue weighted by Gasteiger charge is -2.32. The number of imidazole rings is 1. The minimum absolute atomic E-state index is 0.0730. The first-order chi connectivity index (χ1) is 12.7. The molecule has 0 fully saturated rings. The van der Waals surface area contributed by atoms with Crippen LogP contribution in [0, 0.1) is 6.92 Å². The van der Waals surface area contributed by atoms with E-state index in [1.165, 1.54) is 4.31 Å². The molecule has 0 saturated carbocycles. The number of carbonyl (C=O) groups excluding carboxylic acids is 1. The molecule has 0 radical (unpaired) electrons. The monoisotopic (exact) mass is 390 g/mol. The van der Waals surface area contributed by atoms with Crippen molar-refractivity contribution in [1.29, 1.82) is 0 Å². The van der Waals surface area contributed by atoms with Gasteiger partial charge in [-0.1, -0.05) is 17.7 Å². The summed E-state index contributed by atoms with van der Waals surface area (Å²) >= 11 is 0. The molecular weight excluding hydrogens is 364 g/mol. The lowest BCUT2D eigenvalue weighted by Crippen LogP contribution is -2.41. The van der Waals surface area contributed by atoms with E-state index in [2.05, 4.69) is 10.3 Å². The molecule has 7 nitrogen and oxygen atoms in total. The number of nitrogens with zero attached hydrogens (tertiary/aromatic N) is 3. The average molecular weight is 391 g/mol. The summed E-state index contributed by atoms with van der Waals surface area (Å²) < 4.78 is 29.5. The summed E-state index contributed by atoms with van der Waals surface area (Å²) in [7, 11) is -3.60. The van der Waals surface area contributed by atoms with Crippen molar-refractivity contribution in [3.05, 3.63) is 47.5 Å². The summed E-state index contributed by atoms with van der Waals surface area (Å²) in [5.41, 5.74) is 1.67. The van der Waals surface area contributed by atoms with Gasteiger partial charge in [0.2, 0.25) is 15.9 Å². The molecule has 1 unspecified atom stereocenters. The van der Waals surface area contributed by atoms with Gasteiger partial charge in [0, 0.05) is 25.3 Å². The zero-order chi connectivity index (χ0) is 19.8. The molecule has 8 heteroatoms. The molecule has 1 aromatic carbocycles. The fourth-order valence-electron chi connectivity index (χ4n) is 3.32. The molecule has 27 heavy (non-hydrogen) atoms. The highest BCUT2D eigenvalue weighted by molar-refractivity contribution is 7.89. The third kappa shape index (κ3) is 4.06. The van der Waals surface area contributed by atoms with E-state index in [1.807, 2.05) is 38.5 Å². The topological polar surface area (TPSA) is 84.3 Å². The van der Waals surface area contributed by atoms with Crippen LogP contribution >= 0.6 is 0 Å². The number of nitrogens with one attached hydrogen (secondary N) is 1. The molecule has 2 heterocycles. The Hall–Kier alpha value is -2.19. The summed E-state index contributed by atoms with van der Waals surface area (Å²) in [6, 6.07) is 6.55. The Labute approximate surface area is 160 Å². The number of aromatic nitrogens is 2. The molecule has 1 aliphatic heterocycles. The van der Waals surface area contributed by atoms with Crippen molar-refractivity contribution in [2.75, 3.05) is 6.54 Å². The van der Waals surface area contributed by atoms with Gasteiger partial charge in [-0.05, 0) is 39.8 Å². The van der Waals surface area contributed by atoms with E-state index in [0.717, 1.165) is 5.56 Å². The maximum absolute atomic E-state index is 13.0. The highest BCUT2D eigenvalue weighted by atomic mass is 32.2. The minimum Gasteiger partial charge on any atom is -0.354 e. The number of rotatable bonds is 5. The number of hydrogen-bond donors (Lipinski definition) is 1. The maximum Gasteiger partial charge on any atom is 0.243 e. The van der Waals surface area contributed by atoms with Crippen LogP contribution in [0.5, 0.6) is 0 Å². The SMILES string of the molecule is Cc1ccc(S(=O)(=O)N2CCn3cc(CC(=O)NC(C)C)nc3C2C)cc1. The number of fused-ring (bicyclic) bond motifs is 1. The van der Waals surface area contributed by atoms with E-state index >= 15 is 0 Å². The molecule has 1 aliphatic rings. The molecule has 3 rings (SSSR count). The van der Waals surface area contributed by atoms with Crippen LogP contribution < -0.4 is 5.32 Å². The zero-order valence-electron chi connectivity index (χ0n) is 16.1. The van der Waals surface area contributed by atoms with Gasteiger partial charge < -0.3 is 9.88 Å². The molecule has 1 amide bonds. The second kappa shape index (κ2) is 7.44. The summed E-state index contributed by atoms with van der Waals surface area (Å²) in [5, 5.41) is 2.85. The largest absolute Gasteiger partial charge is 0.354 e. The standard InChI is InChI=1S/C19H26N4O3S/c1-13(2)20-18(24)11-16-12-22-9-10-23(15(4)19(22)21-16)27(25,26)17-7-5-14(3)6-8-17/h5-8,12-13,15H,9-11H2,1-4H3,(H,20,24). The number of hydrogen-bond acceptors (Lipinski definition) is 4. The second-order valence-electron chi connectivity index (χ2n) is 7.29. The predicted octanol–water partition coefficient (Wildman–Crippen LogP) is 2.02. The molecule has 146 valence electrons. The summed E-state index contributed by atoms with van der Waals surface area (Å²) in [4.78, 5) is 16.8. The zero-order valence-corrected chi connectivity index (χ0v) is 17.0. The van der Waals surface area contributed by atoms with Crippen LogP contribution in [0.4, 0.5) is 0 Å². The minimum atomic E-state index is -3.60. The van der Waals surface area contributed by atoms with E-state index in [1.54, 1.807) is 24.3 Å². The molecule has 0 spiro atoms. The predicted molar refractivity (Wildman–Crippen MR) is 103 cm³/mol. The van der Waals surface area contributed by atoms with E-state index in [4.69, 9.17) is 0 Å². The lowest BCUT2D eigenvalue weighted by molar-refractivity contribution is -0.120. The van der Waals surface area contributed by atoms with Gasteiger partial charge in [0.1, 0.15) is 5.82 Å². The molecule has 0 bridgehead atoms. The average Bonchev–Trinajstić information content (AvgIpc) is 2.97. The third-order valence-corrected chi connectivity index (χ3v) is 6.63. The van der Waals surface area contributed by atoms with Gasteiger partial charge in [-0.25, -0.2) is 13.4 Å². The quantitative estimate of drug-likeness (QED) is 0.847. The van der Waals surface area contributed by atoms with E-state index in [0.29, 0.717) is 24.6 Å². The van der Waals surface area contributed by atoms with Crippen molar-refractivity contribution in [3.63, 3.8) is 0 Å². The third-order valence-electron chi connectivity index (χ3n) is 4.64. The lowest BCUT2D eigenvalue weighted by atomic mass is 10.2. The van der Waals surface area contributed by atoms with Gasteiger partial charge in [-0.3, -0.25) is 4.79 Å². The van der Waals surface area contributed by atoms with Gasteiger partial charge in [0.25, 0.3) is 0 Å². The molecular formula is C19H26N4O3S. The highest BCUT2D eigenvalue weighted by Crippen LogP contribution is 2.30. The van der Waals surface area contributed by atoms with Gasteiger partial charge in [0.15, 0.2) is 0 Å². The van der Waals surface area contributed by atoms with Crippen LogP contribution in [0.3, 0.4) is 0 Å². The first-order valence-corrected chi connectivity index (χ1v) is 10.6. The van der Waals surface area contributed by atoms with Crippen LogP contribution in [0.1, 0.15) is 43.9 Å². The van der Waals surface area contributed by atoms with Crippen molar-refractivity contribution in [2.24, 2.45) is 0 Å². The molecule has 1 N–H and O–H groups in total. The Morgan fingerprint density at radius 3 is 2.56 bits per heavy atom. The molecule has 0 aliphatic carbocycles. The second-order valence-corrected chi connectivity index (χ2v) is 9.18. The van der Waals surface area contributed by atoms with E-state index < -0.39 is 16.1 Å². The Balaban J connectivity index is 1.82. The first kappa shape index (κ1) is 19.6. The van der Waals surface area contributed by atoms with Gasteiger partial charge >= 0.3 is 0 Å². The molecule has 2 aromatic rings. The maximum atomic E-state index is 13.0. The summed E-state index contributed by atoms with van der Waals surface area (Å²) in [5.74, 6) is 0.585. The number of benzene rings is 1. The van der Waals surface area contributed by atoms with Crippen LogP contribution in [0.2, 0.25) is 0 Å². The van der Waals surface area contributed by atoms with Crippen LogP contribution in [0.25, 0.3) is 0 Å². The van der Waals surface area contributed by atoms with Crippen molar-refractivity contribution < 1.29 is 13.2 Å². The fraction of sp³-hybridized carbons (Fsp3) is 0.474. The Bertz CT molecular complexity index is 932. The van der Waals surface area contributed by atoms with E-state index in [9.17, 15) is 13.2 Å². The Morgan fingerprint density at radius 1 is 1.26 bits per heavy atom. The van der Waals surface area contributed by atoms with Crippen molar-refractivity contribution in [2.45, 2.75) is 57.6 Å². The smallest absolute Gasteiger partial charge is 0.243 e.